The summed E-state index contributed by atoms with van der Waals surface area (Å²) in [5.41, 5.74) is 4.46. The molecule has 0 aliphatic carbocycles. The quantitative estimate of drug-likeness (QED) is 0.548. The van der Waals surface area contributed by atoms with E-state index in [-0.39, 0.29) is 11.8 Å². The van der Waals surface area contributed by atoms with Crippen LogP contribution in [0.25, 0.3) is 0 Å². The lowest BCUT2D eigenvalue weighted by Crippen LogP contribution is -2.27. The van der Waals surface area contributed by atoms with Gasteiger partial charge >= 0.3 is 0 Å². The van der Waals surface area contributed by atoms with Crippen LogP contribution in [0.5, 0.6) is 11.5 Å². The van der Waals surface area contributed by atoms with Gasteiger partial charge in [0.05, 0.1) is 25.5 Å². The molecule has 0 aromatic heterocycles. The maximum Gasteiger partial charge on any atom is 0.255 e. The van der Waals surface area contributed by atoms with Crippen LogP contribution in [0.15, 0.2) is 60.7 Å². The molecule has 0 unspecified atom stereocenters. The van der Waals surface area contributed by atoms with Crippen LogP contribution in [0.2, 0.25) is 0 Å². The summed E-state index contributed by atoms with van der Waals surface area (Å²) in [5.74, 6) is 0.819. The van der Waals surface area contributed by atoms with Crippen molar-refractivity contribution in [1.82, 2.24) is 5.32 Å². The largest absolute Gasteiger partial charge is 0.493 e. The van der Waals surface area contributed by atoms with Crippen LogP contribution in [-0.2, 0) is 6.42 Å². The molecular weight excluding hydrogens is 404 g/mol. The molecule has 0 atom stereocenters. The van der Waals surface area contributed by atoms with Crippen molar-refractivity contribution in [3.63, 3.8) is 0 Å². The van der Waals surface area contributed by atoms with Gasteiger partial charge in [0.1, 0.15) is 0 Å². The van der Waals surface area contributed by atoms with E-state index >= 15 is 0 Å². The minimum atomic E-state index is -0.248. The maximum absolute atomic E-state index is 12.8. The highest BCUT2D eigenvalue weighted by atomic mass is 16.5. The van der Waals surface area contributed by atoms with Crippen molar-refractivity contribution in [2.75, 3.05) is 26.1 Å². The van der Waals surface area contributed by atoms with Gasteiger partial charge in [-0.2, -0.15) is 0 Å². The molecule has 0 saturated heterocycles. The minimum Gasteiger partial charge on any atom is -0.493 e. The number of amides is 2. The summed E-state index contributed by atoms with van der Waals surface area (Å²) >= 11 is 0. The number of carbonyl (C=O) groups excluding carboxylic acids is 2. The number of methoxy groups -OCH3 is 2. The Morgan fingerprint density at radius 1 is 0.812 bits per heavy atom. The number of carbonyl (C=O) groups is 2. The van der Waals surface area contributed by atoms with Gasteiger partial charge in [0.25, 0.3) is 11.8 Å². The van der Waals surface area contributed by atoms with Crippen molar-refractivity contribution in [3.8, 4) is 11.5 Å². The fraction of sp³-hybridized carbons (Fsp3) is 0.231. The highest BCUT2D eigenvalue weighted by Gasteiger charge is 2.15. The summed E-state index contributed by atoms with van der Waals surface area (Å²) in [6, 6.07) is 18.3. The van der Waals surface area contributed by atoms with Crippen molar-refractivity contribution in [2.24, 2.45) is 0 Å². The van der Waals surface area contributed by atoms with Crippen molar-refractivity contribution < 1.29 is 19.1 Å². The first kappa shape index (κ1) is 22.9. The van der Waals surface area contributed by atoms with E-state index in [1.807, 2.05) is 44.2 Å². The molecule has 0 fully saturated rings. The van der Waals surface area contributed by atoms with E-state index < -0.39 is 0 Å². The summed E-state index contributed by atoms with van der Waals surface area (Å²) in [4.78, 5) is 25.6. The molecule has 0 bridgehead atoms. The molecule has 166 valence electrons. The van der Waals surface area contributed by atoms with Gasteiger partial charge in [0.15, 0.2) is 11.5 Å². The first-order valence-corrected chi connectivity index (χ1v) is 10.4. The lowest BCUT2D eigenvalue weighted by molar-refractivity contribution is 0.0955. The monoisotopic (exact) mass is 432 g/mol. The summed E-state index contributed by atoms with van der Waals surface area (Å²) < 4.78 is 10.6. The molecule has 6 heteroatoms. The molecule has 6 nitrogen and oxygen atoms in total. The average Bonchev–Trinajstić information content (AvgIpc) is 2.79. The molecule has 0 aliphatic rings. The Morgan fingerprint density at radius 2 is 1.56 bits per heavy atom. The third-order valence-corrected chi connectivity index (χ3v) is 5.19. The van der Waals surface area contributed by atoms with E-state index in [0.29, 0.717) is 41.3 Å². The Morgan fingerprint density at radius 3 is 2.28 bits per heavy atom. The van der Waals surface area contributed by atoms with Crippen LogP contribution in [0, 0.1) is 13.8 Å². The highest BCUT2D eigenvalue weighted by Crippen LogP contribution is 2.27. The van der Waals surface area contributed by atoms with Gasteiger partial charge in [0.2, 0.25) is 0 Å². The third-order valence-electron chi connectivity index (χ3n) is 5.19. The molecule has 3 rings (SSSR count). The lowest BCUT2D eigenvalue weighted by atomic mass is 10.0. The Balaban J connectivity index is 1.66. The molecule has 2 amide bonds. The number of hydrogen-bond acceptors (Lipinski definition) is 4. The standard InChI is InChI=1S/C26H28N2O4/c1-17-9-11-20(18(2)15-17)26(30)28-22-8-6-5-7-21(22)25(29)27-14-13-19-10-12-23(31-3)24(16-19)32-4/h5-12,15-16H,13-14H2,1-4H3,(H,27,29)(H,28,30). The van der Waals surface area contributed by atoms with E-state index in [4.69, 9.17) is 9.47 Å². The fourth-order valence-electron chi connectivity index (χ4n) is 3.50. The molecule has 2 N–H and O–H groups in total. The SMILES string of the molecule is COc1ccc(CCNC(=O)c2ccccc2NC(=O)c2ccc(C)cc2C)cc1OC. The van der Waals surface area contributed by atoms with Crippen LogP contribution in [0.3, 0.4) is 0 Å². The van der Waals surface area contributed by atoms with E-state index in [2.05, 4.69) is 10.6 Å². The zero-order valence-corrected chi connectivity index (χ0v) is 18.8. The molecule has 32 heavy (non-hydrogen) atoms. The second-order valence-electron chi connectivity index (χ2n) is 7.51. The number of hydrogen-bond donors (Lipinski definition) is 2. The van der Waals surface area contributed by atoms with E-state index in [9.17, 15) is 9.59 Å². The zero-order chi connectivity index (χ0) is 23.1. The lowest BCUT2D eigenvalue weighted by Gasteiger charge is -2.13. The van der Waals surface area contributed by atoms with Gasteiger partial charge in [-0.05, 0) is 61.7 Å². The summed E-state index contributed by atoms with van der Waals surface area (Å²) in [6.07, 6.45) is 0.628. The van der Waals surface area contributed by atoms with Crippen LogP contribution in [0.4, 0.5) is 5.69 Å². The first-order chi connectivity index (χ1) is 15.4. The van der Waals surface area contributed by atoms with Crippen LogP contribution >= 0.6 is 0 Å². The number of rotatable bonds is 8. The van der Waals surface area contributed by atoms with Gasteiger partial charge < -0.3 is 20.1 Å². The predicted octanol–water partition coefficient (Wildman–Crippen LogP) is 4.55. The molecule has 3 aromatic rings. The first-order valence-electron chi connectivity index (χ1n) is 10.4. The Labute approximate surface area is 188 Å². The van der Waals surface area contributed by atoms with E-state index in [1.54, 1.807) is 44.6 Å². The topological polar surface area (TPSA) is 76.7 Å². The van der Waals surface area contributed by atoms with Gasteiger partial charge in [-0.25, -0.2) is 0 Å². The van der Waals surface area contributed by atoms with Gasteiger partial charge in [-0.3, -0.25) is 9.59 Å². The highest BCUT2D eigenvalue weighted by molar-refractivity contribution is 6.09. The molecular formula is C26H28N2O4. The van der Waals surface area contributed by atoms with Crippen LogP contribution in [-0.4, -0.2) is 32.6 Å². The maximum atomic E-state index is 12.8. The smallest absolute Gasteiger partial charge is 0.255 e. The minimum absolute atomic E-state index is 0.243. The summed E-state index contributed by atoms with van der Waals surface area (Å²) in [5, 5.41) is 5.80. The molecule has 0 saturated carbocycles. The van der Waals surface area contributed by atoms with Gasteiger partial charge in [-0.15, -0.1) is 0 Å². The number of nitrogens with one attached hydrogen (secondary N) is 2. The zero-order valence-electron chi connectivity index (χ0n) is 18.8. The Kier molecular flexibility index (Phi) is 7.49. The molecule has 0 spiro atoms. The van der Waals surface area contributed by atoms with Gasteiger partial charge in [0, 0.05) is 12.1 Å². The third kappa shape index (κ3) is 5.46. The molecule has 0 heterocycles. The van der Waals surface area contributed by atoms with Crippen molar-refractivity contribution in [1.29, 1.82) is 0 Å². The normalized spacial score (nSPS) is 10.4. The number of aryl methyl sites for hydroxylation is 2. The Hall–Kier alpha value is -3.80. The summed E-state index contributed by atoms with van der Waals surface area (Å²) in [7, 11) is 3.18. The Bertz CT molecular complexity index is 1120. The van der Waals surface area contributed by atoms with Crippen molar-refractivity contribution in [2.45, 2.75) is 20.3 Å². The molecule has 0 radical (unpaired) electrons. The van der Waals surface area contributed by atoms with Gasteiger partial charge in [-0.1, -0.05) is 35.9 Å². The van der Waals surface area contributed by atoms with Crippen molar-refractivity contribution >= 4 is 17.5 Å². The fourth-order valence-corrected chi connectivity index (χ4v) is 3.50. The van der Waals surface area contributed by atoms with E-state index in [1.165, 1.54) is 0 Å². The summed E-state index contributed by atoms with van der Waals surface area (Å²) in [6.45, 7) is 4.32. The average molecular weight is 433 g/mol. The van der Waals surface area contributed by atoms with Crippen molar-refractivity contribution in [3.05, 3.63) is 88.5 Å². The predicted molar refractivity (Wildman–Crippen MR) is 126 cm³/mol. The van der Waals surface area contributed by atoms with E-state index in [0.717, 1.165) is 16.7 Å². The number of ether oxygens (including phenoxy) is 2. The molecule has 0 aliphatic heterocycles. The second kappa shape index (κ2) is 10.5. The second-order valence-corrected chi connectivity index (χ2v) is 7.51. The number of anilines is 1. The molecule has 3 aromatic carbocycles. The number of benzene rings is 3. The van der Waals surface area contributed by atoms with Crippen LogP contribution < -0.4 is 20.1 Å². The van der Waals surface area contributed by atoms with Crippen LogP contribution in [0.1, 0.15) is 37.4 Å². The number of para-hydroxylation sites is 1.